The molecule has 0 aliphatic carbocycles. The monoisotopic (exact) mass is 224 g/mol. The Kier molecular flexibility index (Phi) is 6.53. The van der Waals surface area contributed by atoms with Crippen molar-refractivity contribution >= 4 is 0 Å². The van der Waals surface area contributed by atoms with Crippen molar-refractivity contribution in [3.05, 3.63) is 23.9 Å². The molecule has 0 spiro atoms. The van der Waals surface area contributed by atoms with E-state index in [-0.39, 0.29) is 0 Å². The molecular formula is C12H20N2O2. The molecule has 0 saturated carbocycles. The van der Waals surface area contributed by atoms with Gasteiger partial charge in [-0.3, -0.25) is 0 Å². The van der Waals surface area contributed by atoms with Gasteiger partial charge in [0.15, 0.2) is 0 Å². The van der Waals surface area contributed by atoms with Crippen molar-refractivity contribution in [2.24, 2.45) is 5.73 Å². The maximum atomic E-state index is 5.47. The average molecular weight is 224 g/mol. The zero-order valence-corrected chi connectivity index (χ0v) is 9.82. The second-order valence-corrected chi connectivity index (χ2v) is 3.52. The van der Waals surface area contributed by atoms with E-state index in [2.05, 4.69) is 11.9 Å². The molecular weight excluding hydrogens is 204 g/mol. The topological polar surface area (TPSA) is 57.4 Å². The lowest BCUT2D eigenvalue weighted by Gasteiger charge is -2.06. The van der Waals surface area contributed by atoms with Crippen LogP contribution >= 0.6 is 0 Å². The first kappa shape index (κ1) is 12.9. The maximum absolute atomic E-state index is 5.47. The molecule has 4 nitrogen and oxygen atoms in total. The molecule has 0 unspecified atom stereocenters. The SMILES string of the molecule is CCCCOCCOc1ccc(CN)cn1. The van der Waals surface area contributed by atoms with Crippen molar-refractivity contribution < 1.29 is 9.47 Å². The predicted octanol–water partition coefficient (Wildman–Crippen LogP) is 1.74. The normalized spacial score (nSPS) is 10.4. The smallest absolute Gasteiger partial charge is 0.213 e. The molecule has 1 aromatic heterocycles. The quantitative estimate of drug-likeness (QED) is 0.683. The van der Waals surface area contributed by atoms with Crippen LogP contribution in [0.4, 0.5) is 0 Å². The summed E-state index contributed by atoms with van der Waals surface area (Å²) < 4.78 is 10.8. The van der Waals surface area contributed by atoms with Gasteiger partial charge in [0.25, 0.3) is 0 Å². The van der Waals surface area contributed by atoms with Crippen LogP contribution in [0.2, 0.25) is 0 Å². The van der Waals surface area contributed by atoms with Crippen LogP contribution in [0, 0.1) is 0 Å². The van der Waals surface area contributed by atoms with Crippen LogP contribution in [-0.4, -0.2) is 24.8 Å². The van der Waals surface area contributed by atoms with Gasteiger partial charge in [0.2, 0.25) is 5.88 Å². The minimum absolute atomic E-state index is 0.507. The van der Waals surface area contributed by atoms with Crippen LogP contribution in [0.5, 0.6) is 5.88 Å². The second kappa shape index (κ2) is 8.07. The zero-order chi connectivity index (χ0) is 11.6. The molecule has 16 heavy (non-hydrogen) atoms. The van der Waals surface area contributed by atoms with Crippen molar-refractivity contribution in [1.29, 1.82) is 0 Å². The zero-order valence-electron chi connectivity index (χ0n) is 9.82. The Morgan fingerprint density at radius 3 is 2.75 bits per heavy atom. The van der Waals surface area contributed by atoms with Gasteiger partial charge in [-0.15, -0.1) is 0 Å². The molecule has 0 atom stereocenters. The number of unbranched alkanes of at least 4 members (excludes halogenated alkanes) is 1. The fourth-order valence-corrected chi connectivity index (χ4v) is 1.17. The summed E-state index contributed by atoms with van der Waals surface area (Å²) in [5.41, 5.74) is 6.47. The van der Waals surface area contributed by atoms with Crippen LogP contribution in [0.3, 0.4) is 0 Å². The second-order valence-electron chi connectivity index (χ2n) is 3.52. The Morgan fingerprint density at radius 1 is 1.25 bits per heavy atom. The van der Waals surface area contributed by atoms with Gasteiger partial charge in [0, 0.05) is 25.4 Å². The van der Waals surface area contributed by atoms with Crippen LogP contribution in [0.15, 0.2) is 18.3 Å². The summed E-state index contributed by atoms with van der Waals surface area (Å²) in [4.78, 5) is 4.13. The molecule has 1 aromatic rings. The predicted molar refractivity (Wildman–Crippen MR) is 63.4 cm³/mol. The number of pyridine rings is 1. The van der Waals surface area contributed by atoms with E-state index in [0.717, 1.165) is 25.0 Å². The van der Waals surface area contributed by atoms with Gasteiger partial charge in [-0.2, -0.15) is 0 Å². The highest BCUT2D eigenvalue weighted by molar-refractivity contribution is 5.17. The van der Waals surface area contributed by atoms with E-state index < -0.39 is 0 Å². The van der Waals surface area contributed by atoms with E-state index in [4.69, 9.17) is 15.2 Å². The Morgan fingerprint density at radius 2 is 2.12 bits per heavy atom. The van der Waals surface area contributed by atoms with E-state index in [1.54, 1.807) is 6.20 Å². The van der Waals surface area contributed by atoms with E-state index in [1.165, 1.54) is 0 Å². The molecule has 0 bridgehead atoms. The molecule has 90 valence electrons. The summed E-state index contributed by atoms with van der Waals surface area (Å²) in [5.74, 6) is 0.622. The third kappa shape index (κ3) is 5.09. The first-order chi connectivity index (χ1) is 7.86. The van der Waals surface area contributed by atoms with Gasteiger partial charge in [-0.05, 0) is 12.0 Å². The molecule has 0 aliphatic rings. The van der Waals surface area contributed by atoms with Gasteiger partial charge in [0.1, 0.15) is 6.61 Å². The van der Waals surface area contributed by atoms with Crippen molar-refractivity contribution in [3.63, 3.8) is 0 Å². The summed E-state index contributed by atoms with van der Waals surface area (Å²) in [6, 6.07) is 3.74. The molecule has 0 fully saturated rings. The van der Waals surface area contributed by atoms with Crippen LogP contribution in [0.25, 0.3) is 0 Å². The summed E-state index contributed by atoms with van der Waals surface area (Å²) in [6.45, 7) is 4.61. The van der Waals surface area contributed by atoms with Crippen molar-refractivity contribution in [3.8, 4) is 5.88 Å². The Bertz CT molecular complexity index is 275. The number of hydrogen-bond acceptors (Lipinski definition) is 4. The molecule has 0 saturated heterocycles. The molecule has 2 N–H and O–H groups in total. The number of rotatable bonds is 8. The standard InChI is InChI=1S/C12H20N2O2/c1-2-3-6-15-7-8-16-12-5-4-11(9-13)10-14-12/h4-5,10H,2-3,6-9,13H2,1H3. The maximum Gasteiger partial charge on any atom is 0.213 e. The highest BCUT2D eigenvalue weighted by Gasteiger charge is 1.95. The van der Waals surface area contributed by atoms with Gasteiger partial charge in [-0.1, -0.05) is 19.4 Å². The van der Waals surface area contributed by atoms with Crippen molar-refractivity contribution in [2.45, 2.75) is 26.3 Å². The molecule has 0 aromatic carbocycles. The summed E-state index contributed by atoms with van der Waals surface area (Å²) in [6.07, 6.45) is 3.99. The number of nitrogens with zero attached hydrogens (tertiary/aromatic N) is 1. The van der Waals surface area contributed by atoms with E-state index >= 15 is 0 Å². The molecule has 0 radical (unpaired) electrons. The lowest BCUT2D eigenvalue weighted by atomic mass is 10.3. The number of nitrogens with two attached hydrogens (primary N) is 1. The van der Waals surface area contributed by atoms with Gasteiger partial charge >= 0.3 is 0 Å². The average Bonchev–Trinajstić information content (AvgIpc) is 2.34. The molecule has 0 amide bonds. The first-order valence-corrected chi connectivity index (χ1v) is 5.72. The van der Waals surface area contributed by atoms with Crippen LogP contribution in [-0.2, 0) is 11.3 Å². The van der Waals surface area contributed by atoms with E-state index in [0.29, 0.717) is 25.6 Å². The fourth-order valence-electron chi connectivity index (χ4n) is 1.17. The first-order valence-electron chi connectivity index (χ1n) is 5.72. The Labute approximate surface area is 96.8 Å². The van der Waals surface area contributed by atoms with E-state index in [1.807, 2.05) is 12.1 Å². The van der Waals surface area contributed by atoms with Crippen LogP contribution in [0.1, 0.15) is 25.3 Å². The minimum Gasteiger partial charge on any atom is -0.475 e. The number of hydrogen-bond donors (Lipinski definition) is 1. The molecule has 1 rings (SSSR count). The Balaban J connectivity index is 2.12. The summed E-state index contributed by atoms with van der Waals surface area (Å²) in [7, 11) is 0. The fraction of sp³-hybridized carbons (Fsp3) is 0.583. The van der Waals surface area contributed by atoms with E-state index in [9.17, 15) is 0 Å². The van der Waals surface area contributed by atoms with Crippen LogP contribution < -0.4 is 10.5 Å². The lowest BCUT2D eigenvalue weighted by Crippen LogP contribution is -2.08. The third-order valence-corrected chi connectivity index (χ3v) is 2.15. The summed E-state index contributed by atoms with van der Waals surface area (Å²) >= 11 is 0. The molecule has 0 aliphatic heterocycles. The number of ether oxygens (including phenoxy) is 2. The minimum atomic E-state index is 0.507. The summed E-state index contributed by atoms with van der Waals surface area (Å²) in [5, 5.41) is 0. The highest BCUT2D eigenvalue weighted by Crippen LogP contribution is 2.06. The van der Waals surface area contributed by atoms with Crippen molar-refractivity contribution in [2.75, 3.05) is 19.8 Å². The number of aromatic nitrogens is 1. The Hall–Kier alpha value is -1.13. The highest BCUT2D eigenvalue weighted by atomic mass is 16.5. The van der Waals surface area contributed by atoms with Gasteiger partial charge < -0.3 is 15.2 Å². The molecule has 4 heteroatoms. The van der Waals surface area contributed by atoms with Gasteiger partial charge in [-0.25, -0.2) is 4.98 Å². The van der Waals surface area contributed by atoms with Crippen molar-refractivity contribution in [1.82, 2.24) is 4.98 Å². The lowest BCUT2D eigenvalue weighted by molar-refractivity contribution is 0.0965. The van der Waals surface area contributed by atoms with Gasteiger partial charge in [0.05, 0.1) is 6.61 Å². The largest absolute Gasteiger partial charge is 0.475 e. The third-order valence-electron chi connectivity index (χ3n) is 2.15. The molecule has 1 heterocycles.